The van der Waals surface area contributed by atoms with E-state index in [0.29, 0.717) is 13.0 Å². The van der Waals surface area contributed by atoms with Gasteiger partial charge in [0.1, 0.15) is 0 Å². The highest BCUT2D eigenvalue weighted by atomic mass is 16.3. The number of nitrogens with zero attached hydrogens (tertiary/aromatic N) is 2. The summed E-state index contributed by atoms with van der Waals surface area (Å²) in [4.78, 5) is 15.4. The van der Waals surface area contributed by atoms with Crippen molar-refractivity contribution in [3.63, 3.8) is 0 Å². The first-order valence-electron chi connectivity index (χ1n) is 5.49. The van der Waals surface area contributed by atoms with Gasteiger partial charge in [0, 0.05) is 38.0 Å². The Bertz CT molecular complexity index is 311. The highest BCUT2D eigenvalue weighted by molar-refractivity contribution is 5.76. The number of aliphatic hydroxyl groups is 1. The molecule has 0 aliphatic carbocycles. The Labute approximate surface area is 95.5 Å². The second-order valence-corrected chi connectivity index (χ2v) is 4.07. The number of carbonyl (C=O) groups is 1. The highest BCUT2D eigenvalue weighted by Gasteiger charge is 2.13. The summed E-state index contributed by atoms with van der Waals surface area (Å²) in [5.41, 5.74) is 0. The van der Waals surface area contributed by atoms with E-state index in [0.717, 1.165) is 0 Å². The molecule has 5 heteroatoms. The number of rotatable bonds is 6. The van der Waals surface area contributed by atoms with E-state index in [1.807, 2.05) is 24.6 Å². The van der Waals surface area contributed by atoms with Gasteiger partial charge < -0.3 is 15.0 Å². The van der Waals surface area contributed by atoms with Crippen LogP contribution in [-0.4, -0.2) is 33.2 Å². The minimum absolute atomic E-state index is 0.000266. The third-order valence-corrected chi connectivity index (χ3v) is 2.69. The standard InChI is InChI=1S/C11H19N3O2/c1-9(7-15)10(2)13-11(16)3-5-14-6-4-12-8-14/h4,6,8-10,15H,3,5,7H2,1-2H3,(H,13,16). The van der Waals surface area contributed by atoms with Gasteiger partial charge in [-0.25, -0.2) is 4.98 Å². The maximum absolute atomic E-state index is 11.5. The van der Waals surface area contributed by atoms with Crippen LogP contribution in [0.15, 0.2) is 18.7 Å². The summed E-state index contributed by atoms with van der Waals surface area (Å²) >= 11 is 0. The van der Waals surface area contributed by atoms with Crippen LogP contribution in [0, 0.1) is 5.92 Å². The molecule has 0 bridgehead atoms. The number of aliphatic hydroxyl groups excluding tert-OH is 1. The number of amides is 1. The molecule has 0 aliphatic heterocycles. The van der Waals surface area contributed by atoms with Crippen molar-refractivity contribution in [3.8, 4) is 0 Å². The van der Waals surface area contributed by atoms with Crippen molar-refractivity contribution in [1.82, 2.24) is 14.9 Å². The molecule has 1 aromatic rings. The van der Waals surface area contributed by atoms with Crippen LogP contribution in [0.1, 0.15) is 20.3 Å². The molecular formula is C11H19N3O2. The average molecular weight is 225 g/mol. The summed E-state index contributed by atoms with van der Waals surface area (Å²) in [6, 6.07) is 0.000266. The number of aryl methyl sites for hydroxylation is 1. The topological polar surface area (TPSA) is 67.2 Å². The Kier molecular flexibility index (Phi) is 4.98. The molecule has 16 heavy (non-hydrogen) atoms. The van der Waals surface area contributed by atoms with Crippen molar-refractivity contribution in [2.75, 3.05) is 6.61 Å². The lowest BCUT2D eigenvalue weighted by atomic mass is 10.1. The minimum Gasteiger partial charge on any atom is -0.396 e. The van der Waals surface area contributed by atoms with Gasteiger partial charge in [-0.1, -0.05) is 6.92 Å². The maximum Gasteiger partial charge on any atom is 0.222 e. The number of nitrogens with one attached hydrogen (secondary N) is 1. The van der Waals surface area contributed by atoms with Crippen molar-refractivity contribution in [2.45, 2.75) is 32.9 Å². The second kappa shape index (κ2) is 6.27. The van der Waals surface area contributed by atoms with Gasteiger partial charge in [-0.2, -0.15) is 0 Å². The quantitative estimate of drug-likeness (QED) is 0.736. The summed E-state index contributed by atoms with van der Waals surface area (Å²) in [6.45, 7) is 4.52. The van der Waals surface area contributed by atoms with Crippen LogP contribution < -0.4 is 5.32 Å². The van der Waals surface area contributed by atoms with Crippen LogP contribution in [0.2, 0.25) is 0 Å². The molecule has 90 valence electrons. The van der Waals surface area contributed by atoms with E-state index < -0.39 is 0 Å². The Hall–Kier alpha value is -1.36. The van der Waals surface area contributed by atoms with Crippen LogP contribution in [-0.2, 0) is 11.3 Å². The van der Waals surface area contributed by atoms with Crippen molar-refractivity contribution >= 4 is 5.91 Å². The number of carbonyl (C=O) groups excluding carboxylic acids is 1. The van der Waals surface area contributed by atoms with Gasteiger partial charge in [0.15, 0.2) is 0 Å². The van der Waals surface area contributed by atoms with Crippen LogP contribution in [0.3, 0.4) is 0 Å². The molecule has 2 atom stereocenters. The van der Waals surface area contributed by atoms with E-state index in [9.17, 15) is 4.79 Å². The van der Waals surface area contributed by atoms with Crippen molar-refractivity contribution in [2.24, 2.45) is 5.92 Å². The van der Waals surface area contributed by atoms with E-state index in [2.05, 4.69) is 10.3 Å². The molecule has 0 aliphatic rings. The Morgan fingerprint density at radius 2 is 2.31 bits per heavy atom. The molecule has 0 saturated carbocycles. The third kappa shape index (κ3) is 4.02. The Balaban J connectivity index is 2.25. The summed E-state index contributed by atoms with van der Waals surface area (Å²) in [5, 5.41) is 11.8. The summed E-state index contributed by atoms with van der Waals surface area (Å²) in [6.07, 6.45) is 5.63. The summed E-state index contributed by atoms with van der Waals surface area (Å²) in [7, 11) is 0. The molecule has 1 heterocycles. The molecule has 2 unspecified atom stereocenters. The minimum atomic E-state index is 0.000266. The fourth-order valence-corrected chi connectivity index (χ4v) is 1.28. The van der Waals surface area contributed by atoms with E-state index in [-0.39, 0.29) is 24.5 Å². The number of hydrogen-bond acceptors (Lipinski definition) is 3. The number of aromatic nitrogens is 2. The zero-order valence-electron chi connectivity index (χ0n) is 9.76. The molecule has 1 rings (SSSR count). The molecule has 0 radical (unpaired) electrons. The van der Waals surface area contributed by atoms with Crippen molar-refractivity contribution in [3.05, 3.63) is 18.7 Å². The Morgan fingerprint density at radius 3 is 2.88 bits per heavy atom. The molecule has 0 fully saturated rings. The molecule has 0 saturated heterocycles. The first-order chi connectivity index (χ1) is 7.63. The lowest BCUT2D eigenvalue weighted by Gasteiger charge is -2.19. The zero-order chi connectivity index (χ0) is 12.0. The summed E-state index contributed by atoms with van der Waals surface area (Å²) in [5.74, 6) is 0.0821. The highest BCUT2D eigenvalue weighted by Crippen LogP contribution is 2.01. The van der Waals surface area contributed by atoms with Crippen molar-refractivity contribution < 1.29 is 9.90 Å². The van der Waals surface area contributed by atoms with Gasteiger partial charge in [0.2, 0.25) is 5.91 Å². The van der Waals surface area contributed by atoms with Crippen LogP contribution >= 0.6 is 0 Å². The monoisotopic (exact) mass is 225 g/mol. The number of imidazole rings is 1. The lowest BCUT2D eigenvalue weighted by Crippen LogP contribution is -2.38. The fourth-order valence-electron chi connectivity index (χ4n) is 1.28. The summed E-state index contributed by atoms with van der Waals surface area (Å²) < 4.78 is 1.86. The van der Waals surface area contributed by atoms with Crippen LogP contribution in [0.5, 0.6) is 0 Å². The van der Waals surface area contributed by atoms with Gasteiger partial charge in [-0.15, -0.1) is 0 Å². The molecule has 0 spiro atoms. The fraction of sp³-hybridized carbons (Fsp3) is 0.636. The molecule has 1 aromatic heterocycles. The van der Waals surface area contributed by atoms with E-state index in [4.69, 9.17) is 5.11 Å². The third-order valence-electron chi connectivity index (χ3n) is 2.69. The average Bonchev–Trinajstić information content (AvgIpc) is 2.78. The molecular weight excluding hydrogens is 206 g/mol. The normalized spacial score (nSPS) is 14.4. The molecule has 2 N–H and O–H groups in total. The van der Waals surface area contributed by atoms with Gasteiger partial charge in [0.05, 0.1) is 6.33 Å². The molecule has 0 aromatic carbocycles. The largest absolute Gasteiger partial charge is 0.396 e. The Morgan fingerprint density at radius 1 is 1.56 bits per heavy atom. The van der Waals surface area contributed by atoms with Gasteiger partial charge in [-0.3, -0.25) is 4.79 Å². The van der Waals surface area contributed by atoms with Crippen molar-refractivity contribution in [1.29, 1.82) is 0 Å². The first-order valence-corrected chi connectivity index (χ1v) is 5.49. The van der Waals surface area contributed by atoms with Gasteiger partial charge >= 0.3 is 0 Å². The second-order valence-electron chi connectivity index (χ2n) is 4.07. The SMILES string of the molecule is CC(CO)C(C)NC(=O)CCn1ccnc1. The molecule has 1 amide bonds. The van der Waals surface area contributed by atoms with Crippen LogP contribution in [0.25, 0.3) is 0 Å². The molecule has 5 nitrogen and oxygen atoms in total. The number of hydrogen-bond donors (Lipinski definition) is 2. The zero-order valence-corrected chi connectivity index (χ0v) is 9.76. The lowest BCUT2D eigenvalue weighted by molar-refractivity contribution is -0.122. The van der Waals surface area contributed by atoms with Gasteiger partial charge in [0.25, 0.3) is 0 Å². The predicted octanol–water partition coefficient (Wildman–Crippen LogP) is 0.406. The maximum atomic E-state index is 11.5. The smallest absolute Gasteiger partial charge is 0.222 e. The first kappa shape index (κ1) is 12.7. The van der Waals surface area contributed by atoms with Gasteiger partial charge in [-0.05, 0) is 12.8 Å². The van der Waals surface area contributed by atoms with Crippen LogP contribution in [0.4, 0.5) is 0 Å². The van der Waals surface area contributed by atoms with E-state index in [1.54, 1.807) is 12.5 Å². The van der Waals surface area contributed by atoms with E-state index >= 15 is 0 Å². The predicted molar refractivity (Wildman–Crippen MR) is 60.7 cm³/mol. The van der Waals surface area contributed by atoms with E-state index in [1.165, 1.54) is 0 Å².